The molecule has 0 unspecified atom stereocenters. The van der Waals surface area contributed by atoms with Crippen LogP contribution in [0.1, 0.15) is 12.8 Å². The third kappa shape index (κ3) is 3.34. The normalized spacial score (nSPS) is 15.0. The van der Waals surface area contributed by atoms with Crippen LogP contribution in [-0.2, 0) is 14.8 Å². The molecule has 120 valence electrons. The van der Waals surface area contributed by atoms with Crippen LogP contribution >= 0.6 is 0 Å². The molecule has 0 bridgehead atoms. The smallest absolute Gasteiger partial charge is 0.261 e. The number of rotatable bonds is 4. The number of hydrogen-bond acceptors (Lipinski definition) is 3. The lowest BCUT2D eigenvalue weighted by atomic mass is 10.3. The molecule has 5 nitrogen and oxygen atoms in total. The molecule has 1 heterocycles. The van der Waals surface area contributed by atoms with Crippen LogP contribution < -0.4 is 9.62 Å². The van der Waals surface area contributed by atoms with Crippen molar-refractivity contribution in [1.29, 1.82) is 0 Å². The van der Waals surface area contributed by atoms with Gasteiger partial charge in [-0.3, -0.25) is 9.52 Å². The van der Waals surface area contributed by atoms with E-state index in [0.717, 1.165) is 12.5 Å². The van der Waals surface area contributed by atoms with Crippen LogP contribution in [0.25, 0.3) is 0 Å². The molecule has 0 aromatic heterocycles. The Morgan fingerprint density at radius 3 is 2.43 bits per heavy atom. The minimum atomic E-state index is -3.80. The summed E-state index contributed by atoms with van der Waals surface area (Å²) in [5.74, 6) is -0.480. The Morgan fingerprint density at radius 2 is 1.83 bits per heavy atom. The predicted molar refractivity (Wildman–Crippen MR) is 85.2 cm³/mol. The standard InChI is InChI=1S/C16H15FN2O3S/c17-12-3-1-4-13(11-12)18-23(21,22)15-8-6-14(7-9-15)19-10-2-5-16(19)20/h1,3-4,6-9,11,18H,2,5,10H2. The molecule has 0 spiro atoms. The first-order chi connectivity index (χ1) is 11.0. The van der Waals surface area contributed by atoms with Crippen molar-refractivity contribution in [2.75, 3.05) is 16.2 Å². The van der Waals surface area contributed by atoms with Gasteiger partial charge in [0.1, 0.15) is 5.82 Å². The molecule has 3 rings (SSSR count). The molecule has 23 heavy (non-hydrogen) atoms. The number of halogens is 1. The number of benzene rings is 2. The second-order valence-electron chi connectivity index (χ2n) is 5.26. The zero-order valence-electron chi connectivity index (χ0n) is 12.2. The molecule has 1 fully saturated rings. The van der Waals surface area contributed by atoms with E-state index in [2.05, 4.69) is 4.72 Å². The van der Waals surface area contributed by atoms with E-state index in [1.54, 1.807) is 17.0 Å². The highest BCUT2D eigenvalue weighted by atomic mass is 32.2. The van der Waals surface area contributed by atoms with Gasteiger partial charge in [-0.15, -0.1) is 0 Å². The first-order valence-corrected chi connectivity index (χ1v) is 8.63. The number of carbonyl (C=O) groups is 1. The predicted octanol–water partition coefficient (Wildman–Crippen LogP) is 2.75. The van der Waals surface area contributed by atoms with Gasteiger partial charge in [-0.1, -0.05) is 6.07 Å². The van der Waals surface area contributed by atoms with Crippen molar-refractivity contribution in [3.63, 3.8) is 0 Å². The van der Waals surface area contributed by atoms with Crippen molar-refractivity contribution in [1.82, 2.24) is 0 Å². The van der Waals surface area contributed by atoms with Gasteiger partial charge in [0.05, 0.1) is 10.6 Å². The maximum atomic E-state index is 13.1. The fourth-order valence-corrected chi connectivity index (χ4v) is 3.54. The Hall–Kier alpha value is -2.41. The minimum Gasteiger partial charge on any atom is -0.312 e. The average molecular weight is 334 g/mol. The highest BCUT2D eigenvalue weighted by Gasteiger charge is 2.22. The number of hydrogen-bond donors (Lipinski definition) is 1. The highest BCUT2D eigenvalue weighted by molar-refractivity contribution is 7.92. The first-order valence-electron chi connectivity index (χ1n) is 7.14. The third-order valence-corrected chi connectivity index (χ3v) is 5.01. The molecule has 1 saturated heterocycles. The fraction of sp³-hybridized carbons (Fsp3) is 0.188. The zero-order valence-corrected chi connectivity index (χ0v) is 13.0. The summed E-state index contributed by atoms with van der Waals surface area (Å²) < 4.78 is 40.1. The quantitative estimate of drug-likeness (QED) is 0.935. The Morgan fingerprint density at radius 1 is 1.09 bits per heavy atom. The first kappa shape index (κ1) is 15.5. The van der Waals surface area contributed by atoms with Crippen LogP contribution in [0, 0.1) is 5.82 Å². The van der Waals surface area contributed by atoms with Crippen LogP contribution in [0.3, 0.4) is 0 Å². The monoisotopic (exact) mass is 334 g/mol. The molecule has 0 aliphatic carbocycles. The second-order valence-corrected chi connectivity index (χ2v) is 6.94. The summed E-state index contributed by atoms with van der Waals surface area (Å²) in [5.41, 5.74) is 0.834. The molecule has 7 heteroatoms. The van der Waals surface area contributed by atoms with Crippen molar-refractivity contribution < 1.29 is 17.6 Å². The highest BCUT2D eigenvalue weighted by Crippen LogP contribution is 2.24. The van der Waals surface area contributed by atoms with Crippen molar-refractivity contribution in [3.05, 3.63) is 54.3 Å². The van der Waals surface area contributed by atoms with E-state index in [-0.39, 0.29) is 16.5 Å². The number of nitrogens with one attached hydrogen (secondary N) is 1. The van der Waals surface area contributed by atoms with E-state index in [4.69, 9.17) is 0 Å². The minimum absolute atomic E-state index is 0.0403. The largest absolute Gasteiger partial charge is 0.312 e. The van der Waals surface area contributed by atoms with Gasteiger partial charge >= 0.3 is 0 Å². The van der Waals surface area contributed by atoms with Gasteiger partial charge < -0.3 is 4.90 Å². The number of carbonyl (C=O) groups excluding carboxylic acids is 1. The molecule has 2 aromatic carbocycles. The van der Waals surface area contributed by atoms with Crippen molar-refractivity contribution in [2.45, 2.75) is 17.7 Å². The second kappa shape index (κ2) is 6.00. The Labute approximate surface area is 133 Å². The third-order valence-electron chi connectivity index (χ3n) is 3.61. The summed E-state index contributed by atoms with van der Waals surface area (Å²) >= 11 is 0. The molecule has 0 atom stereocenters. The van der Waals surface area contributed by atoms with E-state index in [1.165, 1.54) is 30.3 Å². The number of amides is 1. The van der Waals surface area contributed by atoms with Crippen LogP contribution in [0.2, 0.25) is 0 Å². The zero-order chi connectivity index (χ0) is 16.4. The molecule has 0 radical (unpaired) electrons. The number of anilines is 2. The van der Waals surface area contributed by atoms with Gasteiger partial charge in [0.15, 0.2) is 0 Å². The number of sulfonamides is 1. The summed E-state index contributed by atoms with van der Waals surface area (Å²) in [6, 6.07) is 11.3. The Bertz CT molecular complexity index is 835. The van der Waals surface area contributed by atoms with Gasteiger partial charge in [-0.2, -0.15) is 0 Å². The van der Waals surface area contributed by atoms with Crippen molar-refractivity contribution >= 4 is 27.3 Å². The molecule has 2 aromatic rings. The Balaban J connectivity index is 1.81. The molecule has 1 amide bonds. The molecular weight excluding hydrogens is 319 g/mol. The fourth-order valence-electron chi connectivity index (χ4n) is 2.49. The van der Waals surface area contributed by atoms with Crippen LogP contribution in [0.4, 0.5) is 15.8 Å². The van der Waals surface area contributed by atoms with Gasteiger partial charge in [-0.05, 0) is 48.9 Å². The van der Waals surface area contributed by atoms with Gasteiger partial charge in [-0.25, -0.2) is 12.8 Å². The molecule has 0 saturated carbocycles. The summed E-state index contributed by atoms with van der Waals surface area (Å²) in [6.45, 7) is 0.645. The summed E-state index contributed by atoms with van der Waals surface area (Å²) in [5, 5.41) is 0. The molecular formula is C16H15FN2O3S. The molecule has 1 aliphatic rings. The van der Waals surface area contributed by atoms with E-state index in [9.17, 15) is 17.6 Å². The van der Waals surface area contributed by atoms with Gasteiger partial charge in [0.2, 0.25) is 5.91 Å². The maximum Gasteiger partial charge on any atom is 0.261 e. The van der Waals surface area contributed by atoms with Gasteiger partial charge in [0, 0.05) is 18.7 Å². The van der Waals surface area contributed by atoms with E-state index in [0.29, 0.717) is 18.7 Å². The lowest BCUT2D eigenvalue weighted by Crippen LogP contribution is -2.23. The summed E-state index contributed by atoms with van der Waals surface area (Å²) in [4.78, 5) is 13.4. The number of nitrogens with zero attached hydrogens (tertiary/aromatic N) is 1. The maximum absolute atomic E-state index is 13.1. The van der Waals surface area contributed by atoms with E-state index >= 15 is 0 Å². The molecule has 1 aliphatic heterocycles. The van der Waals surface area contributed by atoms with Crippen LogP contribution in [0.15, 0.2) is 53.4 Å². The SMILES string of the molecule is O=C1CCCN1c1ccc(S(=O)(=O)Nc2cccc(F)c2)cc1. The van der Waals surface area contributed by atoms with Crippen molar-refractivity contribution in [2.24, 2.45) is 0 Å². The van der Waals surface area contributed by atoms with Gasteiger partial charge in [0.25, 0.3) is 10.0 Å². The van der Waals surface area contributed by atoms with Crippen LogP contribution in [-0.4, -0.2) is 20.9 Å². The lowest BCUT2D eigenvalue weighted by Gasteiger charge is -2.16. The van der Waals surface area contributed by atoms with Crippen LogP contribution in [0.5, 0.6) is 0 Å². The average Bonchev–Trinajstić information content (AvgIpc) is 2.93. The summed E-state index contributed by atoms with van der Waals surface area (Å²) in [7, 11) is -3.80. The van der Waals surface area contributed by atoms with E-state index in [1.807, 2.05) is 0 Å². The Kier molecular flexibility index (Phi) is 4.04. The van der Waals surface area contributed by atoms with E-state index < -0.39 is 15.8 Å². The molecule has 1 N–H and O–H groups in total. The topological polar surface area (TPSA) is 66.5 Å². The summed E-state index contributed by atoms with van der Waals surface area (Å²) in [6.07, 6.45) is 1.32. The van der Waals surface area contributed by atoms with Crippen molar-refractivity contribution in [3.8, 4) is 0 Å². The lowest BCUT2D eigenvalue weighted by molar-refractivity contribution is -0.117.